The minimum atomic E-state index is 0.0103. The lowest BCUT2D eigenvalue weighted by Crippen LogP contribution is -2.35. The number of amides is 1. The molecule has 0 bridgehead atoms. The first-order valence-corrected chi connectivity index (χ1v) is 9.23. The van der Waals surface area contributed by atoms with E-state index in [0.717, 1.165) is 38.1 Å². The van der Waals surface area contributed by atoms with E-state index in [-0.39, 0.29) is 5.91 Å². The van der Waals surface area contributed by atoms with Gasteiger partial charge >= 0.3 is 0 Å². The number of hydrogen-bond acceptors (Lipinski definition) is 4. The molecular weight excluding hydrogens is 394 g/mol. The standard InChI is InChI=1S/C17H19BrClN3O2/c18-15-5-4-13(24-15)6-7-20-16-14(19)10-12(11-21-16)17(23)22-8-2-1-3-9-22/h4-5,10-11H,1-3,6-9H2,(H,20,21). The van der Waals surface area contributed by atoms with Crippen molar-refractivity contribution >= 4 is 39.3 Å². The Morgan fingerprint density at radius 1 is 1.33 bits per heavy atom. The van der Waals surface area contributed by atoms with Crippen LogP contribution >= 0.6 is 27.5 Å². The van der Waals surface area contributed by atoms with Crippen LogP contribution in [0, 0.1) is 0 Å². The summed E-state index contributed by atoms with van der Waals surface area (Å²) in [6.07, 6.45) is 5.63. The molecule has 128 valence electrons. The third-order valence-electron chi connectivity index (χ3n) is 4.02. The maximum atomic E-state index is 12.5. The summed E-state index contributed by atoms with van der Waals surface area (Å²) in [4.78, 5) is 18.6. The molecule has 2 aromatic rings. The molecule has 3 rings (SSSR count). The Bertz CT molecular complexity index is 714. The Hall–Kier alpha value is -1.53. The molecule has 24 heavy (non-hydrogen) atoms. The highest BCUT2D eigenvalue weighted by Gasteiger charge is 2.19. The van der Waals surface area contributed by atoms with Crippen LogP contribution in [-0.4, -0.2) is 35.4 Å². The average Bonchev–Trinajstić information content (AvgIpc) is 3.02. The van der Waals surface area contributed by atoms with Crippen LogP contribution in [-0.2, 0) is 6.42 Å². The van der Waals surface area contributed by atoms with Crippen molar-refractivity contribution < 1.29 is 9.21 Å². The first-order chi connectivity index (χ1) is 11.6. The Labute approximate surface area is 154 Å². The summed E-state index contributed by atoms with van der Waals surface area (Å²) in [6, 6.07) is 5.47. The van der Waals surface area contributed by atoms with Crippen molar-refractivity contribution in [1.82, 2.24) is 9.88 Å². The Morgan fingerprint density at radius 2 is 2.12 bits per heavy atom. The number of pyridine rings is 1. The first kappa shape index (κ1) is 17.3. The lowest BCUT2D eigenvalue weighted by molar-refractivity contribution is 0.0724. The second-order valence-electron chi connectivity index (χ2n) is 5.79. The molecule has 1 aliphatic heterocycles. The Balaban J connectivity index is 1.58. The van der Waals surface area contributed by atoms with E-state index in [1.54, 1.807) is 12.3 Å². The molecule has 1 N–H and O–H groups in total. The van der Waals surface area contributed by atoms with E-state index in [1.807, 2.05) is 17.0 Å². The third kappa shape index (κ3) is 4.30. The lowest BCUT2D eigenvalue weighted by Gasteiger charge is -2.26. The van der Waals surface area contributed by atoms with E-state index in [1.165, 1.54) is 6.42 Å². The average molecular weight is 413 g/mol. The molecule has 3 heterocycles. The minimum Gasteiger partial charge on any atom is -0.454 e. The molecule has 1 amide bonds. The van der Waals surface area contributed by atoms with Gasteiger partial charge in [0.15, 0.2) is 4.67 Å². The van der Waals surface area contributed by atoms with E-state index in [2.05, 4.69) is 26.2 Å². The zero-order valence-corrected chi connectivity index (χ0v) is 15.6. The summed E-state index contributed by atoms with van der Waals surface area (Å²) < 4.78 is 6.16. The van der Waals surface area contributed by atoms with E-state index >= 15 is 0 Å². The predicted molar refractivity (Wildman–Crippen MR) is 97.6 cm³/mol. The quantitative estimate of drug-likeness (QED) is 0.792. The molecule has 0 aromatic carbocycles. The monoisotopic (exact) mass is 411 g/mol. The molecule has 0 radical (unpaired) electrons. The molecule has 7 heteroatoms. The maximum absolute atomic E-state index is 12.5. The number of nitrogens with zero attached hydrogens (tertiary/aromatic N) is 2. The fraction of sp³-hybridized carbons (Fsp3) is 0.412. The van der Waals surface area contributed by atoms with Gasteiger partial charge in [0.25, 0.3) is 5.91 Å². The number of anilines is 1. The molecule has 1 fully saturated rings. The normalized spacial score (nSPS) is 14.7. The smallest absolute Gasteiger partial charge is 0.255 e. The van der Waals surface area contributed by atoms with Crippen LogP contribution in [0.2, 0.25) is 5.02 Å². The summed E-state index contributed by atoms with van der Waals surface area (Å²) in [6.45, 7) is 2.27. The molecule has 0 aliphatic carbocycles. The van der Waals surface area contributed by atoms with Crippen molar-refractivity contribution in [3.05, 3.63) is 45.4 Å². The van der Waals surface area contributed by atoms with Gasteiger partial charge in [0.2, 0.25) is 0 Å². The van der Waals surface area contributed by atoms with Crippen molar-refractivity contribution in [3.63, 3.8) is 0 Å². The van der Waals surface area contributed by atoms with E-state index in [4.69, 9.17) is 16.0 Å². The van der Waals surface area contributed by atoms with Gasteiger partial charge in [-0.25, -0.2) is 4.98 Å². The summed E-state index contributed by atoms with van der Waals surface area (Å²) in [5.74, 6) is 1.47. The van der Waals surface area contributed by atoms with Crippen LogP contribution in [0.1, 0.15) is 35.4 Å². The van der Waals surface area contributed by atoms with Crippen molar-refractivity contribution in [2.45, 2.75) is 25.7 Å². The Kier molecular flexibility index (Phi) is 5.79. The van der Waals surface area contributed by atoms with Gasteiger partial charge in [0, 0.05) is 32.3 Å². The van der Waals surface area contributed by atoms with Crippen LogP contribution < -0.4 is 5.32 Å². The van der Waals surface area contributed by atoms with Gasteiger partial charge in [-0.05, 0) is 53.4 Å². The molecule has 0 unspecified atom stereocenters. The lowest BCUT2D eigenvalue weighted by atomic mass is 10.1. The molecule has 0 atom stereocenters. The van der Waals surface area contributed by atoms with Crippen LogP contribution in [0.15, 0.2) is 33.5 Å². The highest BCUT2D eigenvalue weighted by atomic mass is 79.9. The molecular formula is C17H19BrClN3O2. The third-order valence-corrected chi connectivity index (χ3v) is 4.74. The van der Waals surface area contributed by atoms with Gasteiger partial charge < -0.3 is 14.6 Å². The van der Waals surface area contributed by atoms with Gasteiger partial charge in [-0.3, -0.25) is 4.79 Å². The van der Waals surface area contributed by atoms with Gasteiger partial charge in [0.1, 0.15) is 11.6 Å². The van der Waals surface area contributed by atoms with Crippen LogP contribution in [0.3, 0.4) is 0 Å². The number of hydrogen-bond donors (Lipinski definition) is 1. The minimum absolute atomic E-state index is 0.0103. The molecule has 0 spiro atoms. The topological polar surface area (TPSA) is 58.4 Å². The zero-order chi connectivity index (χ0) is 16.9. The van der Waals surface area contributed by atoms with Crippen molar-refractivity contribution in [2.24, 2.45) is 0 Å². The largest absolute Gasteiger partial charge is 0.454 e. The fourth-order valence-electron chi connectivity index (χ4n) is 2.75. The highest BCUT2D eigenvalue weighted by molar-refractivity contribution is 9.10. The number of nitrogens with one attached hydrogen (secondary N) is 1. The molecule has 5 nitrogen and oxygen atoms in total. The van der Waals surface area contributed by atoms with Gasteiger partial charge in [-0.15, -0.1) is 0 Å². The maximum Gasteiger partial charge on any atom is 0.255 e. The summed E-state index contributed by atoms with van der Waals surface area (Å²) in [7, 11) is 0. The summed E-state index contributed by atoms with van der Waals surface area (Å²) in [5.41, 5.74) is 0.544. The SMILES string of the molecule is O=C(c1cnc(NCCc2ccc(Br)o2)c(Cl)c1)N1CCCCC1. The molecule has 2 aromatic heterocycles. The van der Waals surface area contributed by atoms with Gasteiger partial charge in [0.05, 0.1) is 10.6 Å². The molecule has 1 saturated heterocycles. The Morgan fingerprint density at radius 3 is 2.79 bits per heavy atom. The van der Waals surface area contributed by atoms with Crippen molar-refractivity contribution in [2.75, 3.05) is 25.0 Å². The van der Waals surface area contributed by atoms with Crippen molar-refractivity contribution in [1.29, 1.82) is 0 Å². The van der Waals surface area contributed by atoms with Crippen molar-refractivity contribution in [3.8, 4) is 0 Å². The highest BCUT2D eigenvalue weighted by Crippen LogP contribution is 2.22. The van der Waals surface area contributed by atoms with Crippen LogP contribution in [0.25, 0.3) is 0 Å². The second kappa shape index (κ2) is 8.03. The number of carbonyl (C=O) groups is 1. The number of aromatic nitrogens is 1. The predicted octanol–water partition coefficient (Wildman–Crippen LogP) is 4.37. The zero-order valence-electron chi connectivity index (χ0n) is 13.2. The molecule has 1 aliphatic rings. The van der Waals surface area contributed by atoms with E-state index in [9.17, 15) is 4.79 Å². The van der Waals surface area contributed by atoms with Gasteiger partial charge in [-0.1, -0.05) is 11.6 Å². The number of halogens is 2. The first-order valence-electron chi connectivity index (χ1n) is 8.06. The van der Waals surface area contributed by atoms with E-state index < -0.39 is 0 Å². The number of furan rings is 1. The number of piperidine rings is 1. The number of likely N-dealkylation sites (tertiary alicyclic amines) is 1. The second-order valence-corrected chi connectivity index (χ2v) is 6.98. The van der Waals surface area contributed by atoms with Gasteiger partial charge in [-0.2, -0.15) is 0 Å². The van der Waals surface area contributed by atoms with Crippen LogP contribution in [0.5, 0.6) is 0 Å². The summed E-state index contributed by atoms with van der Waals surface area (Å²) in [5, 5.41) is 3.63. The number of rotatable bonds is 5. The summed E-state index contributed by atoms with van der Waals surface area (Å²) >= 11 is 9.55. The fourth-order valence-corrected chi connectivity index (χ4v) is 3.33. The van der Waals surface area contributed by atoms with Crippen LogP contribution in [0.4, 0.5) is 5.82 Å². The van der Waals surface area contributed by atoms with E-state index in [0.29, 0.717) is 27.6 Å². The molecule has 0 saturated carbocycles. The number of carbonyl (C=O) groups excluding carboxylic acids is 1.